The first-order valence-electron chi connectivity index (χ1n) is 6.54. The predicted octanol–water partition coefficient (Wildman–Crippen LogP) is 3.42. The second-order valence-electron chi connectivity index (χ2n) is 4.43. The number of nitrogens with zero attached hydrogens (tertiary/aromatic N) is 1. The van der Waals surface area contributed by atoms with E-state index < -0.39 is 0 Å². The van der Waals surface area contributed by atoms with Gasteiger partial charge in [-0.1, -0.05) is 26.0 Å². The van der Waals surface area contributed by atoms with Gasteiger partial charge in [0.05, 0.1) is 5.39 Å². The summed E-state index contributed by atoms with van der Waals surface area (Å²) in [6, 6.07) is 8.99. The summed E-state index contributed by atoms with van der Waals surface area (Å²) < 4.78 is 5.84. The largest absolute Gasteiger partial charge is 0.440 e. The lowest BCUT2D eigenvalue weighted by molar-refractivity contribution is 0.563. The first kappa shape index (κ1) is 12.7. The quantitative estimate of drug-likeness (QED) is 0.809. The Kier molecular flexibility index (Phi) is 4.03. The second-order valence-corrected chi connectivity index (χ2v) is 4.43. The Labute approximate surface area is 107 Å². The fraction of sp³-hybridized carbons (Fsp3) is 0.400. The van der Waals surface area contributed by atoms with Crippen LogP contribution in [0.25, 0.3) is 11.0 Å². The molecule has 0 saturated heterocycles. The fourth-order valence-electron chi connectivity index (χ4n) is 2.12. The lowest BCUT2D eigenvalue weighted by Gasteiger charge is -2.21. The molecular formula is C15H19NO2. The molecule has 0 unspecified atom stereocenters. The first-order chi connectivity index (χ1) is 8.76. The van der Waals surface area contributed by atoms with Crippen molar-refractivity contribution < 1.29 is 4.42 Å². The number of para-hydroxylation sites is 1. The molecule has 18 heavy (non-hydrogen) atoms. The third kappa shape index (κ3) is 2.55. The Morgan fingerprint density at radius 1 is 1.11 bits per heavy atom. The van der Waals surface area contributed by atoms with Crippen molar-refractivity contribution in [3.8, 4) is 0 Å². The molecule has 0 aliphatic carbocycles. The van der Waals surface area contributed by atoms with E-state index in [1.165, 1.54) is 0 Å². The molecule has 96 valence electrons. The smallest absolute Gasteiger partial charge is 0.199 e. The standard InChI is InChI=1S/C15H19NO2/c1-3-9-16(10-4-2)15-11-13(17)12-7-5-6-8-14(12)18-15/h5-8,11H,3-4,9-10H2,1-2H3. The Morgan fingerprint density at radius 2 is 1.78 bits per heavy atom. The molecule has 1 aromatic heterocycles. The number of fused-ring (bicyclic) bond motifs is 1. The van der Waals surface area contributed by atoms with E-state index in [-0.39, 0.29) is 5.43 Å². The van der Waals surface area contributed by atoms with Crippen molar-refractivity contribution in [2.75, 3.05) is 18.0 Å². The van der Waals surface area contributed by atoms with E-state index in [0.29, 0.717) is 16.9 Å². The number of anilines is 1. The van der Waals surface area contributed by atoms with Crippen LogP contribution in [-0.2, 0) is 0 Å². The molecule has 0 fully saturated rings. The number of benzene rings is 1. The highest BCUT2D eigenvalue weighted by molar-refractivity contribution is 5.77. The minimum atomic E-state index is 0.0315. The van der Waals surface area contributed by atoms with Crippen molar-refractivity contribution in [3.05, 3.63) is 40.6 Å². The van der Waals surface area contributed by atoms with Gasteiger partial charge in [0.1, 0.15) is 5.58 Å². The molecular weight excluding hydrogens is 226 g/mol. The molecule has 0 saturated carbocycles. The van der Waals surface area contributed by atoms with E-state index >= 15 is 0 Å². The molecule has 2 aromatic rings. The summed E-state index contributed by atoms with van der Waals surface area (Å²) in [6.07, 6.45) is 2.08. The van der Waals surface area contributed by atoms with Gasteiger partial charge in [0.2, 0.25) is 0 Å². The van der Waals surface area contributed by atoms with E-state index in [1.807, 2.05) is 18.2 Å². The molecule has 0 spiro atoms. The van der Waals surface area contributed by atoms with Crippen LogP contribution in [0.1, 0.15) is 26.7 Å². The van der Waals surface area contributed by atoms with Crippen molar-refractivity contribution in [3.63, 3.8) is 0 Å². The summed E-state index contributed by atoms with van der Waals surface area (Å²) >= 11 is 0. The highest BCUT2D eigenvalue weighted by Gasteiger charge is 2.10. The van der Waals surface area contributed by atoms with Crippen molar-refractivity contribution in [1.29, 1.82) is 0 Å². The van der Waals surface area contributed by atoms with Gasteiger partial charge in [-0.15, -0.1) is 0 Å². The molecule has 0 bridgehead atoms. The zero-order valence-electron chi connectivity index (χ0n) is 11.0. The average Bonchev–Trinajstić information content (AvgIpc) is 2.38. The van der Waals surface area contributed by atoms with Crippen LogP contribution >= 0.6 is 0 Å². The van der Waals surface area contributed by atoms with Gasteiger partial charge < -0.3 is 9.32 Å². The molecule has 0 aliphatic heterocycles. The minimum Gasteiger partial charge on any atom is -0.440 e. The summed E-state index contributed by atoms with van der Waals surface area (Å²) in [5.41, 5.74) is 0.696. The molecule has 3 heteroatoms. The zero-order valence-corrected chi connectivity index (χ0v) is 11.0. The Bertz CT molecular complexity index is 568. The molecule has 0 amide bonds. The Balaban J connectivity index is 2.47. The van der Waals surface area contributed by atoms with Gasteiger partial charge in [-0.3, -0.25) is 4.79 Å². The van der Waals surface area contributed by atoms with Gasteiger partial charge in [0, 0.05) is 19.2 Å². The molecule has 3 nitrogen and oxygen atoms in total. The van der Waals surface area contributed by atoms with Crippen molar-refractivity contribution >= 4 is 16.9 Å². The summed E-state index contributed by atoms with van der Waals surface area (Å²) in [4.78, 5) is 14.2. The van der Waals surface area contributed by atoms with E-state index in [0.717, 1.165) is 25.9 Å². The predicted molar refractivity (Wildman–Crippen MR) is 75.3 cm³/mol. The van der Waals surface area contributed by atoms with Crippen molar-refractivity contribution in [2.45, 2.75) is 26.7 Å². The highest BCUT2D eigenvalue weighted by Crippen LogP contribution is 2.19. The molecule has 1 aromatic carbocycles. The van der Waals surface area contributed by atoms with Crippen LogP contribution in [-0.4, -0.2) is 13.1 Å². The average molecular weight is 245 g/mol. The number of rotatable bonds is 5. The van der Waals surface area contributed by atoms with E-state index in [9.17, 15) is 4.79 Å². The number of hydrogen-bond donors (Lipinski definition) is 0. The summed E-state index contributed by atoms with van der Waals surface area (Å²) in [6.45, 7) is 6.08. The molecule has 0 N–H and O–H groups in total. The normalized spacial score (nSPS) is 10.8. The zero-order chi connectivity index (χ0) is 13.0. The Hall–Kier alpha value is -1.77. The monoisotopic (exact) mass is 245 g/mol. The molecule has 0 aliphatic rings. The third-order valence-electron chi connectivity index (χ3n) is 2.92. The van der Waals surface area contributed by atoms with Gasteiger partial charge in [0.25, 0.3) is 0 Å². The van der Waals surface area contributed by atoms with Crippen LogP contribution in [0.2, 0.25) is 0 Å². The van der Waals surface area contributed by atoms with Gasteiger partial charge in [-0.25, -0.2) is 0 Å². The van der Waals surface area contributed by atoms with Crippen LogP contribution < -0.4 is 10.3 Å². The van der Waals surface area contributed by atoms with Gasteiger partial charge in [-0.05, 0) is 25.0 Å². The lowest BCUT2D eigenvalue weighted by atomic mass is 10.2. The lowest BCUT2D eigenvalue weighted by Crippen LogP contribution is -2.25. The Morgan fingerprint density at radius 3 is 2.44 bits per heavy atom. The van der Waals surface area contributed by atoms with Crippen molar-refractivity contribution in [1.82, 2.24) is 0 Å². The molecule has 1 heterocycles. The maximum Gasteiger partial charge on any atom is 0.199 e. The van der Waals surface area contributed by atoms with Crippen molar-refractivity contribution in [2.24, 2.45) is 0 Å². The SMILES string of the molecule is CCCN(CCC)c1cc(=O)c2ccccc2o1. The molecule has 2 rings (SSSR count). The number of hydrogen-bond acceptors (Lipinski definition) is 3. The highest BCUT2D eigenvalue weighted by atomic mass is 16.4. The van der Waals surface area contributed by atoms with E-state index in [2.05, 4.69) is 18.7 Å². The summed E-state index contributed by atoms with van der Waals surface area (Å²) in [7, 11) is 0. The third-order valence-corrected chi connectivity index (χ3v) is 2.92. The fourth-order valence-corrected chi connectivity index (χ4v) is 2.12. The topological polar surface area (TPSA) is 33.5 Å². The summed E-state index contributed by atoms with van der Waals surface area (Å²) in [5, 5.41) is 0.647. The first-order valence-corrected chi connectivity index (χ1v) is 6.54. The maximum atomic E-state index is 12.0. The summed E-state index contributed by atoms with van der Waals surface area (Å²) in [5.74, 6) is 0.683. The van der Waals surface area contributed by atoms with Crippen LogP contribution in [0.4, 0.5) is 5.88 Å². The van der Waals surface area contributed by atoms with E-state index in [1.54, 1.807) is 12.1 Å². The van der Waals surface area contributed by atoms with Crippen LogP contribution in [0.3, 0.4) is 0 Å². The molecule has 0 radical (unpaired) electrons. The second kappa shape index (κ2) is 5.71. The molecule has 0 atom stereocenters. The van der Waals surface area contributed by atoms with Crippen LogP contribution in [0.5, 0.6) is 0 Å². The maximum absolute atomic E-state index is 12.0. The van der Waals surface area contributed by atoms with Crippen LogP contribution in [0, 0.1) is 0 Å². The van der Waals surface area contributed by atoms with E-state index in [4.69, 9.17) is 4.42 Å². The minimum absolute atomic E-state index is 0.0315. The van der Waals surface area contributed by atoms with Gasteiger partial charge in [-0.2, -0.15) is 0 Å². The van der Waals surface area contributed by atoms with Gasteiger partial charge in [0.15, 0.2) is 11.3 Å². The van der Waals surface area contributed by atoms with Gasteiger partial charge >= 0.3 is 0 Å². The van der Waals surface area contributed by atoms with Crippen LogP contribution in [0.15, 0.2) is 39.5 Å².